The molecule has 4 heteroatoms. The van der Waals surface area contributed by atoms with Crippen LogP contribution in [0.2, 0.25) is 0 Å². The summed E-state index contributed by atoms with van der Waals surface area (Å²) in [5, 5.41) is 0. The molecule has 0 saturated heterocycles. The third-order valence-corrected chi connectivity index (χ3v) is 2.19. The highest BCUT2D eigenvalue weighted by Crippen LogP contribution is 2.07. The van der Waals surface area contributed by atoms with Crippen LogP contribution in [-0.2, 0) is 9.53 Å². The number of imide groups is 1. The van der Waals surface area contributed by atoms with Crippen LogP contribution in [0.1, 0.15) is 45.4 Å². The molecule has 0 spiro atoms. The second-order valence-corrected chi connectivity index (χ2v) is 3.46. The van der Waals surface area contributed by atoms with Crippen LogP contribution in [0.4, 0.5) is 4.79 Å². The lowest BCUT2D eigenvalue weighted by molar-refractivity contribution is -0.127. The van der Waals surface area contributed by atoms with E-state index >= 15 is 0 Å². The molecule has 0 aliphatic rings. The summed E-state index contributed by atoms with van der Waals surface area (Å²) in [6.45, 7) is 2.14. The average Bonchev–Trinajstić information content (AvgIpc) is 2.26. The first-order valence-corrected chi connectivity index (χ1v) is 5.34. The number of nitrogens with zero attached hydrogens (tertiary/aromatic N) is 1. The van der Waals surface area contributed by atoms with Crippen LogP contribution in [0.15, 0.2) is 0 Å². The largest absolute Gasteiger partial charge is 0.452 e. The first-order valence-electron chi connectivity index (χ1n) is 5.34. The van der Waals surface area contributed by atoms with Gasteiger partial charge in [-0.15, -0.1) is 0 Å². The Morgan fingerprint density at radius 2 is 1.80 bits per heavy atom. The van der Waals surface area contributed by atoms with Crippen molar-refractivity contribution < 1.29 is 14.3 Å². The Kier molecular flexibility index (Phi) is 7.68. The lowest BCUT2D eigenvalue weighted by Gasteiger charge is -2.12. The summed E-state index contributed by atoms with van der Waals surface area (Å²) in [5.41, 5.74) is 0. The van der Waals surface area contributed by atoms with E-state index in [1.54, 1.807) is 0 Å². The minimum atomic E-state index is -0.700. The maximum absolute atomic E-state index is 11.3. The average molecular weight is 214 g/mol. The molecule has 0 aromatic heterocycles. The smallest absolute Gasteiger partial charge is 0.416 e. The Hall–Kier alpha value is -1.06. The third-order valence-electron chi connectivity index (χ3n) is 2.19. The molecule has 15 heavy (non-hydrogen) atoms. The van der Waals surface area contributed by atoms with Gasteiger partial charge in [-0.25, -0.2) is 9.69 Å². The van der Waals surface area contributed by atoms with Crippen LogP contribution in [-0.4, -0.2) is 24.0 Å². The molecule has 1 radical (unpaired) electrons. The molecular weight excluding hydrogens is 194 g/mol. The number of unbranched alkanes of at least 4 members (excludes halogenated alkanes) is 4. The van der Waals surface area contributed by atoms with Crippen molar-refractivity contribution in [2.75, 3.05) is 7.11 Å². The molecule has 0 heterocycles. The number of hydrogen-bond acceptors (Lipinski definition) is 3. The summed E-state index contributed by atoms with van der Waals surface area (Å²) >= 11 is 0. The number of hydrogen-bond donors (Lipinski definition) is 0. The van der Waals surface area contributed by atoms with Gasteiger partial charge in [0, 0.05) is 6.42 Å². The molecule has 0 aliphatic carbocycles. The predicted molar refractivity (Wildman–Crippen MR) is 58.0 cm³/mol. The van der Waals surface area contributed by atoms with Crippen molar-refractivity contribution in [1.82, 2.24) is 4.90 Å². The van der Waals surface area contributed by atoms with Crippen LogP contribution in [0.5, 0.6) is 0 Å². The topological polar surface area (TPSA) is 46.6 Å². The Balaban J connectivity index is 3.60. The minimum Gasteiger partial charge on any atom is -0.452 e. The fourth-order valence-electron chi connectivity index (χ4n) is 1.23. The van der Waals surface area contributed by atoms with E-state index in [9.17, 15) is 9.59 Å². The van der Waals surface area contributed by atoms with E-state index < -0.39 is 6.09 Å². The standard InChI is InChI=1S/C11H20NO3/c1-4-5-6-7-8-9-10(13)12(2)11(14)15-3/h2,4-9H2,1,3H3. The van der Waals surface area contributed by atoms with Crippen molar-refractivity contribution >= 4 is 12.0 Å². The molecule has 0 aliphatic heterocycles. The Labute approximate surface area is 91.6 Å². The van der Waals surface area contributed by atoms with Crippen LogP contribution >= 0.6 is 0 Å². The van der Waals surface area contributed by atoms with Crippen molar-refractivity contribution in [2.45, 2.75) is 45.4 Å². The number of amides is 2. The molecule has 0 saturated carbocycles. The second kappa shape index (κ2) is 8.26. The van der Waals surface area contributed by atoms with Crippen molar-refractivity contribution in [2.24, 2.45) is 0 Å². The highest BCUT2D eigenvalue weighted by Gasteiger charge is 2.16. The number of carbonyl (C=O) groups is 2. The van der Waals surface area contributed by atoms with Crippen molar-refractivity contribution in [1.29, 1.82) is 0 Å². The summed E-state index contributed by atoms with van der Waals surface area (Å²) in [6, 6.07) is 0. The molecule has 0 fully saturated rings. The maximum Gasteiger partial charge on any atom is 0.416 e. The predicted octanol–water partition coefficient (Wildman–Crippen LogP) is 2.73. The summed E-state index contributed by atoms with van der Waals surface area (Å²) in [6.07, 6.45) is 5.00. The van der Waals surface area contributed by atoms with Crippen molar-refractivity contribution in [3.05, 3.63) is 7.05 Å². The van der Waals surface area contributed by atoms with E-state index in [-0.39, 0.29) is 5.91 Å². The molecule has 2 amide bonds. The van der Waals surface area contributed by atoms with E-state index in [1.165, 1.54) is 20.0 Å². The molecular formula is C11H20NO3. The Bertz CT molecular complexity index is 204. The maximum atomic E-state index is 11.3. The summed E-state index contributed by atoms with van der Waals surface area (Å²) in [7, 11) is 4.56. The molecule has 0 N–H and O–H groups in total. The monoisotopic (exact) mass is 214 g/mol. The van der Waals surface area contributed by atoms with Gasteiger partial charge in [-0.2, -0.15) is 0 Å². The molecule has 0 rings (SSSR count). The number of rotatable bonds is 6. The fourth-order valence-corrected chi connectivity index (χ4v) is 1.23. The lowest BCUT2D eigenvalue weighted by atomic mass is 10.1. The summed E-state index contributed by atoms with van der Waals surface area (Å²) in [5.74, 6) is -0.279. The van der Waals surface area contributed by atoms with E-state index in [0.29, 0.717) is 6.42 Å². The SMILES string of the molecule is [CH2]N(C(=O)CCCCCCC)C(=O)OC. The zero-order valence-corrected chi connectivity index (χ0v) is 9.62. The highest BCUT2D eigenvalue weighted by molar-refractivity contribution is 5.92. The lowest BCUT2D eigenvalue weighted by Crippen LogP contribution is -2.30. The molecule has 0 bridgehead atoms. The van der Waals surface area contributed by atoms with Gasteiger partial charge in [-0.1, -0.05) is 32.6 Å². The van der Waals surface area contributed by atoms with Gasteiger partial charge in [0.25, 0.3) is 0 Å². The Morgan fingerprint density at radius 1 is 1.20 bits per heavy atom. The van der Waals surface area contributed by atoms with Gasteiger partial charge in [-0.05, 0) is 6.42 Å². The molecule has 0 unspecified atom stereocenters. The zero-order chi connectivity index (χ0) is 11.7. The van der Waals surface area contributed by atoms with Crippen LogP contribution in [0.25, 0.3) is 0 Å². The number of carbonyl (C=O) groups excluding carboxylic acids is 2. The minimum absolute atomic E-state index is 0.279. The normalized spacial score (nSPS) is 9.80. The van der Waals surface area contributed by atoms with Gasteiger partial charge in [0.15, 0.2) is 0 Å². The van der Waals surface area contributed by atoms with E-state index in [1.807, 2.05) is 0 Å². The fraction of sp³-hybridized carbons (Fsp3) is 0.727. The first-order chi connectivity index (χ1) is 7.13. The summed E-state index contributed by atoms with van der Waals surface area (Å²) < 4.78 is 4.38. The van der Waals surface area contributed by atoms with E-state index in [0.717, 1.165) is 24.2 Å². The molecule has 87 valence electrons. The van der Waals surface area contributed by atoms with Gasteiger partial charge in [0.1, 0.15) is 0 Å². The second-order valence-electron chi connectivity index (χ2n) is 3.46. The molecule has 0 atom stereocenters. The number of ether oxygens (including phenoxy) is 1. The number of methoxy groups -OCH3 is 1. The van der Waals surface area contributed by atoms with E-state index in [2.05, 4.69) is 18.7 Å². The van der Waals surface area contributed by atoms with Crippen LogP contribution in [0, 0.1) is 7.05 Å². The first kappa shape index (κ1) is 13.9. The summed E-state index contributed by atoms with van der Waals surface area (Å²) in [4.78, 5) is 23.0. The van der Waals surface area contributed by atoms with Gasteiger partial charge in [0.2, 0.25) is 5.91 Å². The highest BCUT2D eigenvalue weighted by atomic mass is 16.5. The van der Waals surface area contributed by atoms with Crippen LogP contribution in [0.3, 0.4) is 0 Å². The molecule has 0 aromatic carbocycles. The van der Waals surface area contributed by atoms with Gasteiger partial charge < -0.3 is 4.74 Å². The molecule has 0 aromatic rings. The van der Waals surface area contributed by atoms with Crippen molar-refractivity contribution in [3.8, 4) is 0 Å². The van der Waals surface area contributed by atoms with E-state index in [4.69, 9.17) is 0 Å². The van der Waals surface area contributed by atoms with Gasteiger partial charge >= 0.3 is 6.09 Å². The van der Waals surface area contributed by atoms with Gasteiger partial charge in [-0.3, -0.25) is 4.79 Å². The molecule has 4 nitrogen and oxygen atoms in total. The Morgan fingerprint density at radius 3 is 2.33 bits per heavy atom. The van der Waals surface area contributed by atoms with Crippen molar-refractivity contribution in [3.63, 3.8) is 0 Å². The van der Waals surface area contributed by atoms with Gasteiger partial charge in [0.05, 0.1) is 14.2 Å². The third kappa shape index (κ3) is 6.10. The quantitative estimate of drug-likeness (QED) is 0.639. The zero-order valence-electron chi connectivity index (χ0n) is 9.62. The van der Waals surface area contributed by atoms with Crippen LogP contribution < -0.4 is 0 Å².